The summed E-state index contributed by atoms with van der Waals surface area (Å²) in [6, 6.07) is -0.109. The third-order valence-corrected chi connectivity index (χ3v) is 4.72. The summed E-state index contributed by atoms with van der Waals surface area (Å²) in [6.07, 6.45) is 3.91. The van der Waals surface area contributed by atoms with Crippen molar-refractivity contribution in [2.24, 2.45) is 0 Å². The summed E-state index contributed by atoms with van der Waals surface area (Å²) in [4.78, 5) is 24.7. The predicted molar refractivity (Wildman–Crippen MR) is 71.1 cm³/mol. The molecule has 112 valence electrons. The minimum atomic E-state index is -0.354. The van der Waals surface area contributed by atoms with Gasteiger partial charge in [0.15, 0.2) is 0 Å². The zero-order valence-corrected chi connectivity index (χ0v) is 11.9. The van der Waals surface area contributed by atoms with Crippen molar-refractivity contribution in [1.82, 2.24) is 10.2 Å². The van der Waals surface area contributed by atoms with Gasteiger partial charge in [-0.1, -0.05) is 0 Å². The van der Waals surface area contributed by atoms with Crippen LogP contribution in [0.3, 0.4) is 0 Å². The average molecular weight is 282 g/mol. The van der Waals surface area contributed by atoms with E-state index in [1.54, 1.807) is 7.05 Å². The van der Waals surface area contributed by atoms with Crippen molar-refractivity contribution in [3.63, 3.8) is 0 Å². The molecule has 0 saturated carbocycles. The lowest BCUT2D eigenvalue weighted by Gasteiger charge is -2.44. The highest BCUT2D eigenvalue weighted by Crippen LogP contribution is 2.34. The van der Waals surface area contributed by atoms with Gasteiger partial charge in [0.25, 0.3) is 0 Å². The first-order valence-electron chi connectivity index (χ1n) is 7.38. The molecule has 1 spiro atoms. The van der Waals surface area contributed by atoms with Gasteiger partial charge in [-0.3, -0.25) is 14.5 Å². The van der Waals surface area contributed by atoms with Crippen LogP contribution in [-0.4, -0.2) is 61.3 Å². The molecule has 3 aliphatic rings. The Kier molecular flexibility index (Phi) is 3.79. The van der Waals surface area contributed by atoms with E-state index in [0.29, 0.717) is 6.61 Å². The van der Waals surface area contributed by atoms with Crippen molar-refractivity contribution in [2.75, 3.05) is 26.9 Å². The molecule has 3 aliphatic heterocycles. The van der Waals surface area contributed by atoms with Gasteiger partial charge in [-0.15, -0.1) is 0 Å². The van der Waals surface area contributed by atoms with Gasteiger partial charge in [-0.05, 0) is 25.7 Å². The highest BCUT2D eigenvalue weighted by Gasteiger charge is 2.42. The van der Waals surface area contributed by atoms with Crippen LogP contribution in [0.5, 0.6) is 0 Å². The van der Waals surface area contributed by atoms with Crippen molar-refractivity contribution in [2.45, 2.75) is 49.8 Å². The summed E-state index contributed by atoms with van der Waals surface area (Å²) < 4.78 is 11.4. The number of hydrogen-bond donors (Lipinski definition) is 1. The van der Waals surface area contributed by atoms with E-state index in [-0.39, 0.29) is 35.9 Å². The molecule has 3 saturated heterocycles. The third-order valence-electron chi connectivity index (χ3n) is 4.72. The number of likely N-dealkylation sites (tertiary alicyclic amines) is 1. The average Bonchev–Trinajstić information content (AvgIpc) is 2.67. The molecule has 0 aromatic rings. The second-order valence-electron chi connectivity index (χ2n) is 6.05. The smallest absolute Gasteiger partial charge is 0.246 e. The molecule has 0 aromatic carbocycles. The Labute approximate surface area is 118 Å². The molecule has 0 bridgehead atoms. The molecule has 2 amide bonds. The van der Waals surface area contributed by atoms with Crippen molar-refractivity contribution in [3.8, 4) is 0 Å². The van der Waals surface area contributed by atoms with E-state index in [9.17, 15) is 9.59 Å². The summed E-state index contributed by atoms with van der Waals surface area (Å²) in [5.41, 5.74) is -0.0915. The second-order valence-corrected chi connectivity index (χ2v) is 6.05. The summed E-state index contributed by atoms with van der Waals surface area (Å²) >= 11 is 0. The van der Waals surface area contributed by atoms with Crippen LogP contribution >= 0.6 is 0 Å². The summed E-state index contributed by atoms with van der Waals surface area (Å²) in [6.45, 7) is 2.20. The predicted octanol–water partition coefficient (Wildman–Crippen LogP) is 0.0615. The first kappa shape index (κ1) is 14.0. The number of carbonyl (C=O) groups excluding carboxylic acids is 2. The fourth-order valence-corrected chi connectivity index (χ4v) is 3.43. The van der Waals surface area contributed by atoms with Gasteiger partial charge in [0.1, 0.15) is 0 Å². The molecule has 2 unspecified atom stereocenters. The van der Waals surface area contributed by atoms with Crippen LogP contribution in [0.4, 0.5) is 0 Å². The molecule has 6 nitrogen and oxygen atoms in total. The fraction of sp³-hybridized carbons (Fsp3) is 0.857. The van der Waals surface area contributed by atoms with Crippen LogP contribution in [0.15, 0.2) is 0 Å². The van der Waals surface area contributed by atoms with Crippen molar-refractivity contribution in [1.29, 1.82) is 0 Å². The zero-order valence-electron chi connectivity index (χ0n) is 11.9. The van der Waals surface area contributed by atoms with E-state index in [1.807, 2.05) is 0 Å². The van der Waals surface area contributed by atoms with Crippen LogP contribution in [0.25, 0.3) is 0 Å². The summed E-state index contributed by atoms with van der Waals surface area (Å²) in [5.74, 6) is -0.206. The van der Waals surface area contributed by atoms with Crippen LogP contribution in [0, 0.1) is 0 Å². The van der Waals surface area contributed by atoms with Gasteiger partial charge in [0.2, 0.25) is 11.8 Å². The third kappa shape index (κ3) is 2.60. The van der Waals surface area contributed by atoms with Gasteiger partial charge in [0.05, 0.1) is 18.1 Å². The lowest BCUT2D eigenvalue weighted by Crippen LogP contribution is -2.53. The van der Waals surface area contributed by atoms with E-state index in [4.69, 9.17) is 9.47 Å². The van der Waals surface area contributed by atoms with E-state index < -0.39 is 0 Å². The highest BCUT2D eigenvalue weighted by molar-refractivity contribution is 6.05. The van der Waals surface area contributed by atoms with Crippen LogP contribution in [0.1, 0.15) is 32.1 Å². The molecule has 0 radical (unpaired) electrons. The number of amides is 2. The Bertz CT molecular complexity index is 400. The van der Waals surface area contributed by atoms with Crippen LogP contribution < -0.4 is 5.32 Å². The minimum absolute atomic E-state index is 0.0915. The van der Waals surface area contributed by atoms with Crippen molar-refractivity contribution >= 4 is 11.8 Å². The standard InChI is InChI=1S/C14H22N2O4/c1-16-12(17)8-11(13(16)18)15-10-2-5-20-14(9-10)3-6-19-7-4-14/h10-11,15H,2-9H2,1H3. The second kappa shape index (κ2) is 5.42. The van der Waals surface area contributed by atoms with E-state index >= 15 is 0 Å². The molecule has 3 heterocycles. The normalized spacial score (nSPS) is 34.0. The van der Waals surface area contributed by atoms with Gasteiger partial charge < -0.3 is 14.8 Å². The van der Waals surface area contributed by atoms with Gasteiger partial charge in [0, 0.05) is 32.9 Å². The van der Waals surface area contributed by atoms with Crippen LogP contribution in [-0.2, 0) is 19.1 Å². The first-order chi connectivity index (χ1) is 9.60. The maximum atomic E-state index is 11.9. The Hall–Kier alpha value is -0.980. The Balaban J connectivity index is 1.60. The van der Waals surface area contributed by atoms with Crippen LogP contribution in [0.2, 0.25) is 0 Å². The Morgan fingerprint density at radius 3 is 2.65 bits per heavy atom. The molecule has 3 rings (SSSR count). The molecule has 1 N–H and O–H groups in total. The summed E-state index contributed by atoms with van der Waals surface area (Å²) in [7, 11) is 1.55. The topological polar surface area (TPSA) is 67.9 Å². The number of likely N-dealkylation sites (N-methyl/N-ethyl adjacent to an activating group) is 1. The van der Waals surface area contributed by atoms with E-state index in [0.717, 1.165) is 38.9 Å². The number of hydrogen-bond acceptors (Lipinski definition) is 5. The number of nitrogens with zero attached hydrogens (tertiary/aromatic N) is 1. The maximum absolute atomic E-state index is 11.9. The zero-order chi connectivity index (χ0) is 14.2. The molecule has 20 heavy (non-hydrogen) atoms. The number of rotatable bonds is 2. The molecule has 3 fully saturated rings. The molecule has 0 aliphatic carbocycles. The lowest BCUT2D eigenvalue weighted by atomic mass is 9.84. The number of carbonyl (C=O) groups is 2. The fourth-order valence-electron chi connectivity index (χ4n) is 3.43. The molecule has 0 aromatic heterocycles. The van der Waals surface area contributed by atoms with E-state index in [1.165, 1.54) is 4.90 Å². The monoisotopic (exact) mass is 282 g/mol. The highest BCUT2D eigenvalue weighted by atomic mass is 16.5. The quantitative estimate of drug-likeness (QED) is 0.726. The largest absolute Gasteiger partial charge is 0.381 e. The van der Waals surface area contributed by atoms with Crippen molar-refractivity contribution in [3.05, 3.63) is 0 Å². The van der Waals surface area contributed by atoms with Gasteiger partial charge >= 0.3 is 0 Å². The maximum Gasteiger partial charge on any atom is 0.246 e. The minimum Gasteiger partial charge on any atom is -0.381 e. The molecule has 6 heteroatoms. The first-order valence-corrected chi connectivity index (χ1v) is 7.38. The number of ether oxygens (including phenoxy) is 2. The Morgan fingerprint density at radius 1 is 1.25 bits per heavy atom. The molecular formula is C14H22N2O4. The lowest BCUT2D eigenvalue weighted by molar-refractivity contribution is -0.143. The van der Waals surface area contributed by atoms with E-state index in [2.05, 4.69) is 5.32 Å². The van der Waals surface area contributed by atoms with Gasteiger partial charge in [-0.25, -0.2) is 0 Å². The summed E-state index contributed by atoms with van der Waals surface area (Å²) in [5, 5.41) is 3.37. The number of imide groups is 1. The SMILES string of the molecule is CN1C(=O)CC(NC2CCOC3(CCOCC3)C2)C1=O. The molecule has 2 atom stereocenters. The van der Waals surface area contributed by atoms with Crippen molar-refractivity contribution < 1.29 is 19.1 Å². The molecular weight excluding hydrogens is 260 g/mol. The Morgan fingerprint density at radius 2 is 2.00 bits per heavy atom. The van der Waals surface area contributed by atoms with Gasteiger partial charge in [-0.2, -0.15) is 0 Å². The number of nitrogens with one attached hydrogen (secondary N) is 1.